The summed E-state index contributed by atoms with van der Waals surface area (Å²) in [6.07, 6.45) is 1.44. The lowest BCUT2D eigenvalue weighted by atomic mass is 9.86. The summed E-state index contributed by atoms with van der Waals surface area (Å²) in [7, 11) is 2.37. The Morgan fingerprint density at radius 1 is 1.16 bits per heavy atom. The molecule has 0 fully saturated rings. The maximum absolute atomic E-state index is 12.9. The van der Waals surface area contributed by atoms with Crippen LogP contribution in [0.4, 0.5) is 4.39 Å². The average molecular weight is 266 g/mol. The average Bonchev–Trinajstić information content (AvgIpc) is 2.44. The molecule has 0 bridgehead atoms. The molecule has 1 aromatic rings. The molecule has 1 aromatic carbocycles. The second kappa shape index (κ2) is 6.68. The van der Waals surface area contributed by atoms with Crippen molar-refractivity contribution in [1.29, 1.82) is 0 Å². The van der Waals surface area contributed by atoms with Crippen molar-refractivity contribution in [3.8, 4) is 0 Å². The Labute approximate surface area is 110 Å². The summed E-state index contributed by atoms with van der Waals surface area (Å²) in [5.41, 5.74) is 0.581. The quantitative estimate of drug-likeness (QED) is 0.465. The zero-order valence-electron chi connectivity index (χ0n) is 10.8. The van der Waals surface area contributed by atoms with Crippen LogP contribution in [-0.2, 0) is 19.1 Å². The molecule has 0 aromatic heterocycles. The first-order valence-electron chi connectivity index (χ1n) is 5.58. The van der Waals surface area contributed by atoms with E-state index < -0.39 is 29.6 Å². The molecule has 0 aliphatic carbocycles. The zero-order chi connectivity index (χ0) is 14.4. The van der Waals surface area contributed by atoms with Gasteiger partial charge in [0.2, 0.25) is 0 Å². The van der Waals surface area contributed by atoms with Crippen molar-refractivity contribution in [3.63, 3.8) is 0 Å². The summed E-state index contributed by atoms with van der Waals surface area (Å²) in [5, 5.41) is 0. The molecule has 1 atom stereocenters. The fourth-order valence-electron chi connectivity index (χ4n) is 1.79. The molecular formula is C14H15FO4. The Bertz CT molecular complexity index is 451. The number of hydrogen-bond acceptors (Lipinski definition) is 4. The summed E-state index contributed by atoms with van der Waals surface area (Å²) in [5.74, 6) is -3.64. The number of methoxy groups -OCH3 is 2. The minimum atomic E-state index is -1.15. The van der Waals surface area contributed by atoms with Gasteiger partial charge in [-0.1, -0.05) is 18.2 Å². The maximum Gasteiger partial charge on any atom is 0.321 e. The Morgan fingerprint density at radius 3 is 2.00 bits per heavy atom. The van der Waals surface area contributed by atoms with Crippen LogP contribution in [-0.4, -0.2) is 26.2 Å². The van der Waals surface area contributed by atoms with Crippen molar-refractivity contribution >= 4 is 11.9 Å². The van der Waals surface area contributed by atoms with E-state index >= 15 is 0 Å². The van der Waals surface area contributed by atoms with Crippen LogP contribution >= 0.6 is 0 Å². The number of benzene rings is 1. The molecule has 0 radical (unpaired) electrons. The molecule has 0 amide bonds. The molecule has 5 heteroatoms. The van der Waals surface area contributed by atoms with Gasteiger partial charge in [0.25, 0.3) is 0 Å². The molecule has 0 N–H and O–H groups in total. The number of carbonyl (C=O) groups excluding carboxylic acids is 2. The van der Waals surface area contributed by atoms with E-state index in [-0.39, 0.29) is 0 Å². The molecule has 0 aliphatic rings. The van der Waals surface area contributed by atoms with Crippen molar-refractivity contribution in [1.82, 2.24) is 0 Å². The van der Waals surface area contributed by atoms with Crippen LogP contribution in [0.3, 0.4) is 0 Å². The minimum Gasteiger partial charge on any atom is -0.468 e. The molecule has 0 spiro atoms. The van der Waals surface area contributed by atoms with Crippen molar-refractivity contribution in [2.75, 3.05) is 14.2 Å². The van der Waals surface area contributed by atoms with E-state index in [9.17, 15) is 14.0 Å². The topological polar surface area (TPSA) is 52.6 Å². The summed E-state index contributed by atoms with van der Waals surface area (Å²) in [6, 6.07) is 5.47. The van der Waals surface area contributed by atoms with E-state index in [1.807, 2.05) is 0 Å². The lowest BCUT2D eigenvalue weighted by molar-refractivity contribution is -0.159. The second-order valence-electron chi connectivity index (χ2n) is 3.84. The minimum absolute atomic E-state index is 0.403. The van der Waals surface area contributed by atoms with Gasteiger partial charge in [-0.05, 0) is 17.7 Å². The number of allylic oxidation sites excluding steroid dienone is 1. The van der Waals surface area contributed by atoms with Crippen molar-refractivity contribution in [3.05, 3.63) is 48.3 Å². The number of halogens is 1. The Balaban J connectivity index is 3.16. The molecule has 1 rings (SSSR count). The van der Waals surface area contributed by atoms with Crippen LogP contribution in [0.2, 0.25) is 0 Å². The Hall–Kier alpha value is -2.17. The summed E-state index contributed by atoms with van der Waals surface area (Å²) in [6.45, 7) is 3.60. The van der Waals surface area contributed by atoms with Gasteiger partial charge in [-0.15, -0.1) is 6.58 Å². The zero-order valence-corrected chi connectivity index (χ0v) is 10.8. The highest BCUT2D eigenvalue weighted by Crippen LogP contribution is 2.28. The number of esters is 2. The first kappa shape index (κ1) is 14.9. The van der Waals surface area contributed by atoms with Gasteiger partial charge in [0.05, 0.1) is 14.2 Å². The highest BCUT2D eigenvalue weighted by Gasteiger charge is 2.36. The van der Waals surface area contributed by atoms with Crippen LogP contribution in [0.5, 0.6) is 0 Å². The number of rotatable bonds is 5. The molecule has 0 heterocycles. The number of carbonyl (C=O) groups is 2. The van der Waals surface area contributed by atoms with E-state index in [2.05, 4.69) is 16.1 Å². The van der Waals surface area contributed by atoms with Crippen LogP contribution < -0.4 is 0 Å². The second-order valence-corrected chi connectivity index (χ2v) is 3.84. The van der Waals surface area contributed by atoms with Gasteiger partial charge >= 0.3 is 11.9 Å². The van der Waals surface area contributed by atoms with E-state index in [0.717, 1.165) is 0 Å². The molecule has 102 valence electrons. The van der Waals surface area contributed by atoms with Crippen molar-refractivity contribution < 1.29 is 23.5 Å². The molecule has 19 heavy (non-hydrogen) atoms. The fraction of sp³-hybridized carbons (Fsp3) is 0.286. The predicted molar refractivity (Wildman–Crippen MR) is 66.9 cm³/mol. The van der Waals surface area contributed by atoms with Crippen LogP contribution in [0, 0.1) is 11.7 Å². The van der Waals surface area contributed by atoms with Gasteiger partial charge in [-0.25, -0.2) is 4.39 Å². The van der Waals surface area contributed by atoms with Crippen LogP contribution in [0.25, 0.3) is 0 Å². The number of hydrogen-bond donors (Lipinski definition) is 0. The lowest BCUT2D eigenvalue weighted by Gasteiger charge is -2.20. The third-order valence-electron chi connectivity index (χ3n) is 2.78. The van der Waals surface area contributed by atoms with E-state index in [1.165, 1.54) is 44.6 Å². The largest absolute Gasteiger partial charge is 0.468 e. The molecule has 4 nitrogen and oxygen atoms in total. The first-order chi connectivity index (χ1) is 9.04. The summed E-state index contributed by atoms with van der Waals surface area (Å²) >= 11 is 0. The van der Waals surface area contributed by atoms with Gasteiger partial charge in [-0.2, -0.15) is 0 Å². The van der Waals surface area contributed by atoms with Crippen molar-refractivity contribution in [2.45, 2.75) is 5.92 Å². The SMILES string of the molecule is C=C[C@H](c1ccc(F)cc1)C(C(=O)OC)C(=O)OC. The smallest absolute Gasteiger partial charge is 0.321 e. The van der Waals surface area contributed by atoms with Crippen LogP contribution in [0.1, 0.15) is 11.5 Å². The Kier molecular flexibility index (Phi) is 5.23. The first-order valence-corrected chi connectivity index (χ1v) is 5.58. The van der Waals surface area contributed by atoms with Gasteiger partial charge in [0, 0.05) is 5.92 Å². The lowest BCUT2D eigenvalue weighted by Crippen LogP contribution is -2.31. The highest BCUT2D eigenvalue weighted by atomic mass is 19.1. The summed E-state index contributed by atoms with van der Waals surface area (Å²) < 4.78 is 22.1. The maximum atomic E-state index is 12.9. The molecule has 0 saturated carbocycles. The Morgan fingerprint density at radius 2 is 1.63 bits per heavy atom. The molecular weight excluding hydrogens is 251 g/mol. The number of ether oxygens (including phenoxy) is 2. The highest BCUT2D eigenvalue weighted by molar-refractivity contribution is 5.96. The van der Waals surface area contributed by atoms with Gasteiger partial charge in [0.1, 0.15) is 5.82 Å². The molecule has 0 aliphatic heterocycles. The van der Waals surface area contributed by atoms with E-state index in [0.29, 0.717) is 5.56 Å². The third-order valence-corrected chi connectivity index (χ3v) is 2.78. The van der Waals surface area contributed by atoms with Gasteiger partial charge in [0.15, 0.2) is 5.92 Å². The molecule has 0 saturated heterocycles. The van der Waals surface area contributed by atoms with E-state index in [4.69, 9.17) is 0 Å². The van der Waals surface area contributed by atoms with E-state index in [1.54, 1.807) is 0 Å². The normalized spacial score (nSPS) is 11.8. The van der Waals surface area contributed by atoms with Gasteiger partial charge in [-0.3, -0.25) is 9.59 Å². The predicted octanol–water partition coefficient (Wildman–Crippen LogP) is 2.06. The fourth-order valence-corrected chi connectivity index (χ4v) is 1.79. The standard InChI is InChI=1S/C14H15FO4/c1-4-11(9-5-7-10(15)8-6-9)12(13(16)18-2)14(17)19-3/h4-8,11-12H,1H2,2-3H3/t11-/m1/s1. The third kappa shape index (κ3) is 3.40. The summed E-state index contributed by atoms with van der Waals surface area (Å²) in [4.78, 5) is 23.4. The van der Waals surface area contributed by atoms with Crippen LogP contribution in [0.15, 0.2) is 36.9 Å². The molecule has 0 unspecified atom stereocenters. The van der Waals surface area contributed by atoms with Crippen molar-refractivity contribution in [2.24, 2.45) is 5.92 Å². The van der Waals surface area contributed by atoms with Gasteiger partial charge < -0.3 is 9.47 Å². The monoisotopic (exact) mass is 266 g/mol.